The van der Waals surface area contributed by atoms with Gasteiger partial charge in [0.15, 0.2) is 10.8 Å². The molecule has 0 aliphatic carbocycles. The Hall–Kier alpha value is -2.02. The minimum absolute atomic E-state index is 0.306. The van der Waals surface area contributed by atoms with Gasteiger partial charge >= 0.3 is 5.69 Å². The first-order valence-corrected chi connectivity index (χ1v) is 6.08. The van der Waals surface area contributed by atoms with E-state index in [9.17, 15) is 9.59 Å². The van der Waals surface area contributed by atoms with E-state index < -0.39 is 22.1 Å². The molecule has 1 aliphatic heterocycles. The molecule has 6 nitrogen and oxygen atoms in total. The van der Waals surface area contributed by atoms with Crippen LogP contribution in [0.4, 0.5) is 0 Å². The summed E-state index contributed by atoms with van der Waals surface area (Å²) < 4.78 is 0. The van der Waals surface area contributed by atoms with E-state index in [2.05, 4.69) is 19.9 Å². The lowest BCUT2D eigenvalue weighted by molar-refractivity contribution is 1.06. The van der Waals surface area contributed by atoms with Crippen molar-refractivity contribution in [3.05, 3.63) is 43.8 Å². The summed E-state index contributed by atoms with van der Waals surface area (Å²) in [6.07, 6.45) is 3.87. The first kappa shape index (κ1) is 9.22. The number of thiol groups is 1. The summed E-state index contributed by atoms with van der Waals surface area (Å²) in [5.41, 5.74) is -0.369. The molecule has 0 saturated heterocycles. The average molecular weight is 236 g/mol. The molecule has 0 radical (unpaired) electrons. The van der Waals surface area contributed by atoms with Gasteiger partial charge < -0.3 is 4.98 Å². The summed E-state index contributed by atoms with van der Waals surface area (Å²) in [5.74, 6) is 0. The minimum Gasteiger partial charge on any atom is -0.328 e. The maximum atomic E-state index is 11.5. The molecule has 0 atom stereocenters. The van der Waals surface area contributed by atoms with Gasteiger partial charge in [-0.05, 0) is 10.8 Å². The lowest BCUT2D eigenvalue weighted by Gasteiger charge is -2.03. The number of nitrogens with zero attached hydrogens (tertiary/aromatic N) is 1. The van der Waals surface area contributed by atoms with Gasteiger partial charge in [-0.3, -0.25) is 14.8 Å². The van der Waals surface area contributed by atoms with E-state index in [4.69, 9.17) is 0 Å². The Morgan fingerprint density at radius 3 is 2.56 bits per heavy atom. The normalized spacial score (nSPS) is 16.4. The Bertz CT molecular complexity index is 709. The first-order chi connectivity index (χ1) is 7.74. The molecule has 3 N–H and O–H groups in total. The highest BCUT2D eigenvalue weighted by Crippen LogP contribution is 2.39. The van der Waals surface area contributed by atoms with Crippen LogP contribution in [-0.2, 0) is 0 Å². The van der Waals surface area contributed by atoms with Crippen molar-refractivity contribution < 1.29 is 0 Å². The largest absolute Gasteiger partial charge is 0.328 e. The van der Waals surface area contributed by atoms with Gasteiger partial charge in [0, 0.05) is 0 Å². The summed E-state index contributed by atoms with van der Waals surface area (Å²) in [6, 6.07) is 0. The molecule has 0 bridgehead atoms. The van der Waals surface area contributed by atoms with Gasteiger partial charge in [-0.25, -0.2) is 9.78 Å². The van der Waals surface area contributed by atoms with Crippen LogP contribution >= 0.6 is 10.9 Å². The van der Waals surface area contributed by atoms with E-state index >= 15 is 0 Å². The molecule has 0 unspecified atom stereocenters. The van der Waals surface area contributed by atoms with Crippen molar-refractivity contribution in [3.63, 3.8) is 0 Å². The van der Waals surface area contributed by atoms with E-state index in [1.54, 1.807) is 0 Å². The summed E-state index contributed by atoms with van der Waals surface area (Å²) in [7, 11) is -0.612. The van der Waals surface area contributed by atoms with Gasteiger partial charge in [-0.2, -0.15) is 10.9 Å². The zero-order valence-corrected chi connectivity index (χ0v) is 8.91. The quantitative estimate of drug-likeness (QED) is 0.538. The fraction of sp³-hybridized carbons (Fsp3) is 0. The van der Waals surface area contributed by atoms with E-state index in [-0.39, 0.29) is 0 Å². The second-order valence-corrected chi connectivity index (χ2v) is 5.12. The number of imidazole rings is 1. The molecular formula is C9H8N4O2S. The van der Waals surface area contributed by atoms with Gasteiger partial charge in [0.25, 0.3) is 5.56 Å². The number of aromatic amines is 3. The molecule has 16 heavy (non-hydrogen) atoms. The van der Waals surface area contributed by atoms with Crippen LogP contribution in [0.3, 0.4) is 0 Å². The lowest BCUT2D eigenvalue weighted by Crippen LogP contribution is -2.21. The number of H-pyrrole nitrogens is 3. The average Bonchev–Trinajstić information content (AvgIpc) is 2.82. The Balaban J connectivity index is 2.27. The number of hydrogen-bond acceptors (Lipinski definition) is 3. The number of hydrogen-bond donors (Lipinski definition) is 4. The fourth-order valence-corrected chi connectivity index (χ4v) is 2.93. The highest BCUT2D eigenvalue weighted by Gasteiger charge is 2.11. The molecule has 1 aliphatic rings. The van der Waals surface area contributed by atoms with Crippen molar-refractivity contribution in [2.75, 3.05) is 0 Å². The number of aromatic nitrogens is 4. The molecular weight excluding hydrogens is 228 g/mol. The van der Waals surface area contributed by atoms with Crippen molar-refractivity contribution in [2.45, 2.75) is 5.16 Å². The second kappa shape index (κ2) is 3.24. The molecule has 0 amide bonds. The van der Waals surface area contributed by atoms with Crippen LogP contribution in [0.25, 0.3) is 11.2 Å². The number of rotatable bonds is 1. The standard InChI is InChI=1S/C9H8N4O2S/c14-7-5-6(11-8(15)13-7)12-9(10-5)16-3-1-2-4-16/h1-4,16H,(H3,10,11,12,13,14,15). The highest BCUT2D eigenvalue weighted by molar-refractivity contribution is 8.22. The smallest absolute Gasteiger partial charge is 0.327 e. The number of allylic oxidation sites excluding steroid dienone is 2. The molecule has 3 rings (SSSR count). The second-order valence-electron chi connectivity index (χ2n) is 3.28. The fourth-order valence-electron chi connectivity index (χ4n) is 1.52. The predicted octanol–water partition coefficient (Wildman–Crippen LogP) is 0.341. The predicted molar refractivity (Wildman–Crippen MR) is 62.9 cm³/mol. The topological polar surface area (TPSA) is 94.4 Å². The van der Waals surface area contributed by atoms with Crippen molar-refractivity contribution in [1.29, 1.82) is 0 Å². The summed E-state index contributed by atoms with van der Waals surface area (Å²) in [4.78, 5) is 34.3. The summed E-state index contributed by atoms with van der Waals surface area (Å²) >= 11 is 0. The number of nitrogens with one attached hydrogen (secondary N) is 3. The Morgan fingerprint density at radius 1 is 1.06 bits per heavy atom. The molecule has 0 saturated carbocycles. The van der Waals surface area contributed by atoms with Crippen molar-refractivity contribution in [2.24, 2.45) is 0 Å². The Labute approximate surface area is 91.5 Å². The van der Waals surface area contributed by atoms with Crippen molar-refractivity contribution in [1.82, 2.24) is 19.9 Å². The van der Waals surface area contributed by atoms with Gasteiger partial charge in [0.2, 0.25) is 0 Å². The summed E-state index contributed by atoms with van der Waals surface area (Å²) in [5, 5.41) is 4.74. The summed E-state index contributed by atoms with van der Waals surface area (Å²) in [6.45, 7) is 0. The third kappa shape index (κ3) is 1.33. The molecule has 0 fully saturated rings. The Kier molecular flexibility index (Phi) is 1.87. The van der Waals surface area contributed by atoms with Gasteiger partial charge in [-0.15, -0.1) is 0 Å². The highest BCUT2D eigenvalue weighted by atomic mass is 32.2. The van der Waals surface area contributed by atoms with Crippen molar-refractivity contribution in [3.8, 4) is 0 Å². The van der Waals surface area contributed by atoms with E-state index in [1.807, 2.05) is 23.0 Å². The SMILES string of the molecule is O=c1[nH]c(=O)c2[nH]c([SH]3C=CC=C3)nc2[nH]1. The van der Waals surface area contributed by atoms with E-state index in [1.165, 1.54) is 0 Å². The molecule has 2 aromatic rings. The molecule has 7 heteroatoms. The van der Waals surface area contributed by atoms with Crippen LogP contribution in [0.2, 0.25) is 0 Å². The lowest BCUT2D eigenvalue weighted by atomic mass is 10.5. The third-order valence-electron chi connectivity index (χ3n) is 2.23. The van der Waals surface area contributed by atoms with Crippen LogP contribution < -0.4 is 11.2 Å². The minimum atomic E-state index is -0.612. The van der Waals surface area contributed by atoms with Crippen LogP contribution in [0.15, 0.2) is 37.7 Å². The molecule has 2 aromatic heterocycles. The maximum Gasteiger partial charge on any atom is 0.327 e. The van der Waals surface area contributed by atoms with Crippen LogP contribution in [0.5, 0.6) is 0 Å². The van der Waals surface area contributed by atoms with Crippen LogP contribution in [0.1, 0.15) is 0 Å². The zero-order valence-electron chi connectivity index (χ0n) is 8.02. The van der Waals surface area contributed by atoms with E-state index in [0.717, 1.165) is 0 Å². The van der Waals surface area contributed by atoms with Crippen LogP contribution in [-0.4, -0.2) is 19.9 Å². The van der Waals surface area contributed by atoms with Gasteiger partial charge in [0.1, 0.15) is 5.52 Å². The third-order valence-corrected chi connectivity index (χ3v) is 3.91. The monoisotopic (exact) mass is 236 g/mol. The van der Waals surface area contributed by atoms with Gasteiger partial charge in [-0.1, -0.05) is 12.2 Å². The number of fused-ring (bicyclic) bond motifs is 1. The van der Waals surface area contributed by atoms with Gasteiger partial charge in [0.05, 0.1) is 0 Å². The molecule has 0 aromatic carbocycles. The van der Waals surface area contributed by atoms with Crippen LogP contribution in [0, 0.1) is 0 Å². The molecule has 82 valence electrons. The Morgan fingerprint density at radius 2 is 1.81 bits per heavy atom. The van der Waals surface area contributed by atoms with Crippen molar-refractivity contribution >= 4 is 22.1 Å². The molecule has 3 heterocycles. The molecule has 0 spiro atoms. The van der Waals surface area contributed by atoms with E-state index in [0.29, 0.717) is 16.3 Å². The maximum absolute atomic E-state index is 11.5. The zero-order chi connectivity index (χ0) is 11.1. The first-order valence-electron chi connectivity index (χ1n) is 4.60.